The number of rotatable bonds is 2. The van der Waals surface area contributed by atoms with E-state index in [1.807, 2.05) is 31.3 Å². The summed E-state index contributed by atoms with van der Waals surface area (Å²) in [4.78, 5) is 18.8. The maximum Gasteiger partial charge on any atom is 0.198 e. The number of benzene rings is 1. The van der Waals surface area contributed by atoms with Crippen LogP contribution in [0.15, 0.2) is 24.4 Å². The maximum atomic E-state index is 5.70. The Morgan fingerprint density at radius 3 is 2.87 bits per heavy atom. The number of nitrogens with two attached hydrogens (primary N) is 1. The minimum Gasteiger partial charge on any atom is -0.378 e. The number of anilines is 2. The molecule has 0 spiro atoms. The largest absolute Gasteiger partial charge is 0.378 e. The first-order valence-electron chi connectivity index (χ1n) is 7.63. The van der Waals surface area contributed by atoms with Crippen molar-refractivity contribution >= 4 is 22.8 Å². The minimum atomic E-state index is 0.413. The van der Waals surface area contributed by atoms with Crippen molar-refractivity contribution < 1.29 is 4.74 Å². The number of imidazole rings is 1. The fraction of sp³-hybridized carbons (Fsp3) is 0.312. The molecule has 0 aliphatic carbocycles. The number of morpholine rings is 1. The predicted octanol–water partition coefficient (Wildman–Crippen LogP) is 1.75. The molecule has 0 radical (unpaired) electrons. The molecular formula is C16H18N6O. The van der Waals surface area contributed by atoms with Gasteiger partial charge >= 0.3 is 0 Å². The molecule has 0 unspecified atom stereocenters. The SMILES string of the molecule is Cc1cnc(-c2ccc3nc(N)[nH]c3c2)nc1N1CCOCC1. The van der Waals surface area contributed by atoms with Crippen LogP contribution < -0.4 is 10.6 Å². The summed E-state index contributed by atoms with van der Waals surface area (Å²) in [6, 6.07) is 5.87. The van der Waals surface area contributed by atoms with Crippen LogP contribution in [-0.4, -0.2) is 46.2 Å². The van der Waals surface area contributed by atoms with E-state index in [0.717, 1.165) is 54.3 Å². The van der Waals surface area contributed by atoms with E-state index in [1.54, 1.807) is 0 Å². The van der Waals surface area contributed by atoms with Crippen LogP contribution in [0, 0.1) is 6.92 Å². The average Bonchev–Trinajstić information content (AvgIpc) is 2.95. The van der Waals surface area contributed by atoms with Crippen molar-refractivity contribution in [2.45, 2.75) is 6.92 Å². The molecule has 118 valence electrons. The third-order valence-corrected chi connectivity index (χ3v) is 4.01. The van der Waals surface area contributed by atoms with Crippen molar-refractivity contribution in [1.82, 2.24) is 19.9 Å². The Balaban J connectivity index is 1.74. The summed E-state index contributed by atoms with van der Waals surface area (Å²) < 4.78 is 5.42. The molecule has 0 atom stereocenters. The van der Waals surface area contributed by atoms with Crippen LogP contribution in [0.2, 0.25) is 0 Å². The summed E-state index contributed by atoms with van der Waals surface area (Å²) in [5, 5.41) is 0. The number of H-pyrrole nitrogens is 1. The Hall–Kier alpha value is -2.67. The van der Waals surface area contributed by atoms with Gasteiger partial charge in [0, 0.05) is 30.4 Å². The van der Waals surface area contributed by atoms with E-state index in [1.165, 1.54) is 0 Å². The summed E-state index contributed by atoms with van der Waals surface area (Å²) in [6.45, 7) is 5.21. The highest BCUT2D eigenvalue weighted by molar-refractivity contribution is 5.82. The second-order valence-corrected chi connectivity index (χ2v) is 5.65. The second-order valence-electron chi connectivity index (χ2n) is 5.65. The predicted molar refractivity (Wildman–Crippen MR) is 89.3 cm³/mol. The van der Waals surface area contributed by atoms with Crippen LogP contribution in [0.1, 0.15) is 5.56 Å². The van der Waals surface area contributed by atoms with Crippen LogP contribution in [0.3, 0.4) is 0 Å². The molecule has 3 aromatic rings. The molecule has 7 nitrogen and oxygen atoms in total. The van der Waals surface area contributed by atoms with Crippen LogP contribution in [0.4, 0.5) is 11.8 Å². The molecule has 1 saturated heterocycles. The van der Waals surface area contributed by atoms with Gasteiger partial charge in [0.05, 0.1) is 24.2 Å². The molecule has 0 bridgehead atoms. The van der Waals surface area contributed by atoms with E-state index < -0.39 is 0 Å². The normalized spacial score (nSPS) is 15.3. The van der Waals surface area contributed by atoms with Gasteiger partial charge in [-0.25, -0.2) is 15.0 Å². The van der Waals surface area contributed by atoms with Crippen molar-refractivity contribution in [3.05, 3.63) is 30.0 Å². The van der Waals surface area contributed by atoms with E-state index in [2.05, 4.69) is 19.9 Å². The molecule has 2 aromatic heterocycles. The van der Waals surface area contributed by atoms with Gasteiger partial charge in [0.25, 0.3) is 0 Å². The first kappa shape index (κ1) is 14.0. The van der Waals surface area contributed by atoms with Gasteiger partial charge in [-0.15, -0.1) is 0 Å². The number of nitrogen functional groups attached to an aromatic ring is 1. The van der Waals surface area contributed by atoms with E-state index in [0.29, 0.717) is 11.8 Å². The molecule has 7 heteroatoms. The number of fused-ring (bicyclic) bond motifs is 1. The Labute approximate surface area is 133 Å². The first-order chi connectivity index (χ1) is 11.2. The topological polar surface area (TPSA) is 93.0 Å². The molecule has 0 amide bonds. The zero-order valence-corrected chi connectivity index (χ0v) is 12.9. The molecule has 1 fully saturated rings. The van der Waals surface area contributed by atoms with E-state index in [4.69, 9.17) is 15.5 Å². The number of hydrogen-bond donors (Lipinski definition) is 2. The number of ether oxygens (including phenoxy) is 1. The van der Waals surface area contributed by atoms with Crippen molar-refractivity contribution in [2.24, 2.45) is 0 Å². The van der Waals surface area contributed by atoms with Crippen molar-refractivity contribution in [1.29, 1.82) is 0 Å². The van der Waals surface area contributed by atoms with E-state index in [-0.39, 0.29) is 0 Å². The molecule has 3 heterocycles. The Morgan fingerprint density at radius 2 is 2.04 bits per heavy atom. The third kappa shape index (κ3) is 2.59. The molecular weight excluding hydrogens is 292 g/mol. The maximum absolute atomic E-state index is 5.70. The lowest BCUT2D eigenvalue weighted by molar-refractivity contribution is 0.122. The van der Waals surface area contributed by atoms with Gasteiger partial charge in [-0.05, 0) is 25.1 Å². The Bertz CT molecular complexity index is 853. The number of nitrogens with zero attached hydrogens (tertiary/aromatic N) is 4. The highest BCUT2D eigenvalue weighted by Gasteiger charge is 2.16. The molecule has 1 aliphatic heterocycles. The Morgan fingerprint density at radius 1 is 1.22 bits per heavy atom. The third-order valence-electron chi connectivity index (χ3n) is 4.01. The molecule has 4 rings (SSSR count). The van der Waals surface area contributed by atoms with Crippen molar-refractivity contribution in [2.75, 3.05) is 36.9 Å². The van der Waals surface area contributed by atoms with Crippen LogP contribution in [0.5, 0.6) is 0 Å². The standard InChI is InChI=1S/C16H18N6O/c1-10-9-18-14(21-15(10)22-4-6-23-7-5-22)11-2-3-12-13(8-11)20-16(17)19-12/h2-3,8-9H,4-7H2,1H3,(H3,17,19,20). The highest BCUT2D eigenvalue weighted by Crippen LogP contribution is 2.25. The molecule has 1 aromatic carbocycles. The van der Waals surface area contributed by atoms with E-state index in [9.17, 15) is 0 Å². The lowest BCUT2D eigenvalue weighted by atomic mass is 10.2. The first-order valence-corrected chi connectivity index (χ1v) is 7.63. The zero-order valence-electron chi connectivity index (χ0n) is 12.9. The lowest BCUT2D eigenvalue weighted by Gasteiger charge is -2.29. The van der Waals surface area contributed by atoms with Gasteiger partial charge in [-0.1, -0.05) is 0 Å². The van der Waals surface area contributed by atoms with Gasteiger partial charge in [0.2, 0.25) is 0 Å². The van der Waals surface area contributed by atoms with Crippen molar-refractivity contribution in [3.63, 3.8) is 0 Å². The summed E-state index contributed by atoms with van der Waals surface area (Å²) in [6.07, 6.45) is 1.87. The molecule has 23 heavy (non-hydrogen) atoms. The number of hydrogen-bond acceptors (Lipinski definition) is 6. The minimum absolute atomic E-state index is 0.413. The lowest BCUT2D eigenvalue weighted by Crippen LogP contribution is -2.37. The highest BCUT2D eigenvalue weighted by atomic mass is 16.5. The monoisotopic (exact) mass is 310 g/mol. The fourth-order valence-corrected chi connectivity index (χ4v) is 2.84. The fourth-order valence-electron chi connectivity index (χ4n) is 2.84. The summed E-state index contributed by atoms with van der Waals surface area (Å²) in [5.74, 6) is 2.09. The van der Waals surface area contributed by atoms with Gasteiger partial charge in [-0.2, -0.15) is 0 Å². The van der Waals surface area contributed by atoms with E-state index >= 15 is 0 Å². The van der Waals surface area contributed by atoms with Gasteiger partial charge < -0.3 is 20.4 Å². The van der Waals surface area contributed by atoms with Gasteiger partial charge in [0.1, 0.15) is 5.82 Å². The van der Waals surface area contributed by atoms with Crippen LogP contribution in [0.25, 0.3) is 22.4 Å². The van der Waals surface area contributed by atoms with Gasteiger partial charge in [0.15, 0.2) is 11.8 Å². The molecule has 1 aliphatic rings. The smallest absolute Gasteiger partial charge is 0.198 e. The summed E-state index contributed by atoms with van der Waals surface area (Å²) >= 11 is 0. The zero-order chi connectivity index (χ0) is 15.8. The Kier molecular flexibility index (Phi) is 3.34. The number of aromatic amines is 1. The number of aryl methyl sites for hydroxylation is 1. The quantitative estimate of drug-likeness (QED) is 0.749. The average molecular weight is 310 g/mol. The number of nitrogens with one attached hydrogen (secondary N) is 1. The van der Waals surface area contributed by atoms with Crippen LogP contribution >= 0.6 is 0 Å². The van der Waals surface area contributed by atoms with Crippen LogP contribution in [-0.2, 0) is 4.74 Å². The number of aromatic nitrogens is 4. The van der Waals surface area contributed by atoms with Crippen molar-refractivity contribution in [3.8, 4) is 11.4 Å². The summed E-state index contributed by atoms with van der Waals surface area (Å²) in [5.41, 5.74) is 9.44. The van der Waals surface area contributed by atoms with Gasteiger partial charge in [-0.3, -0.25) is 0 Å². The second kappa shape index (κ2) is 5.51. The molecule has 0 saturated carbocycles. The molecule has 3 N–H and O–H groups in total. The summed E-state index contributed by atoms with van der Waals surface area (Å²) in [7, 11) is 0.